The topological polar surface area (TPSA) is 6.48 Å². The van der Waals surface area contributed by atoms with Gasteiger partial charge >= 0.3 is 0 Å². The van der Waals surface area contributed by atoms with Crippen LogP contribution in [0.4, 0.5) is 0 Å². The Morgan fingerprint density at radius 2 is 1.11 bits per heavy atom. The Hall–Kier alpha value is -1.38. The van der Waals surface area contributed by atoms with E-state index in [1.807, 2.05) is 0 Å². The summed E-state index contributed by atoms with van der Waals surface area (Å²) in [5.74, 6) is 0. The molecule has 2 aromatic rings. The van der Waals surface area contributed by atoms with Crippen LogP contribution < -0.4 is 0 Å². The molecule has 2 nitrogen and oxygen atoms in total. The van der Waals surface area contributed by atoms with E-state index in [-0.39, 0.29) is 0 Å². The van der Waals surface area contributed by atoms with Crippen molar-refractivity contribution in [1.82, 2.24) is 9.80 Å². The van der Waals surface area contributed by atoms with Crippen LogP contribution in [0, 0.1) is 0 Å². The lowest BCUT2D eigenvalue weighted by molar-refractivity contribution is 0.402. The zero-order valence-corrected chi connectivity index (χ0v) is 11.8. The number of rotatable bonds is 4. The lowest BCUT2D eigenvalue weighted by Crippen LogP contribution is -2.11. The van der Waals surface area contributed by atoms with Crippen LogP contribution in [0.3, 0.4) is 0 Å². The average Bonchev–Trinajstić information content (AvgIpc) is 2.26. The Labute approximate surface area is 110 Å². The fourth-order valence-electron chi connectivity index (χ4n) is 2.27. The van der Waals surface area contributed by atoms with Gasteiger partial charge in [0.15, 0.2) is 0 Å². The maximum atomic E-state index is 2.30. The number of fused-ring (bicyclic) bond motifs is 1. The molecule has 96 valence electrons. The molecule has 0 aromatic heterocycles. The third kappa shape index (κ3) is 3.31. The normalized spacial score (nSPS) is 11.7. The van der Waals surface area contributed by atoms with E-state index in [4.69, 9.17) is 0 Å². The highest BCUT2D eigenvalue weighted by atomic mass is 15.1. The van der Waals surface area contributed by atoms with Crippen molar-refractivity contribution < 1.29 is 0 Å². The molecule has 0 saturated carbocycles. The molecule has 0 atom stereocenters. The van der Waals surface area contributed by atoms with Crippen LogP contribution in [0.25, 0.3) is 10.8 Å². The molecule has 0 aliphatic rings. The first-order chi connectivity index (χ1) is 8.54. The van der Waals surface area contributed by atoms with Crippen molar-refractivity contribution in [1.29, 1.82) is 0 Å². The molecule has 0 fully saturated rings. The van der Waals surface area contributed by atoms with Crippen LogP contribution in [0.2, 0.25) is 0 Å². The number of nitrogens with zero attached hydrogens (tertiary/aromatic N) is 2. The predicted octanol–water partition coefficient (Wildman–Crippen LogP) is 2.96. The minimum Gasteiger partial charge on any atom is -0.305 e. The van der Waals surface area contributed by atoms with Crippen molar-refractivity contribution >= 4 is 10.8 Å². The third-order valence-corrected chi connectivity index (χ3v) is 2.97. The number of hydrogen-bond acceptors (Lipinski definition) is 2. The molecule has 0 spiro atoms. The van der Waals surface area contributed by atoms with Gasteiger partial charge in [0.2, 0.25) is 0 Å². The lowest BCUT2D eigenvalue weighted by atomic mass is 10.0. The van der Waals surface area contributed by atoms with Gasteiger partial charge in [0.1, 0.15) is 0 Å². The molecule has 0 saturated heterocycles. The minimum absolute atomic E-state index is 0.994. The molecule has 0 unspecified atom stereocenters. The fourth-order valence-corrected chi connectivity index (χ4v) is 2.27. The smallest absolute Gasteiger partial charge is 0.0227 e. The van der Waals surface area contributed by atoms with Crippen LogP contribution in [0.5, 0.6) is 0 Å². The maximum Gasteiger partial charge on any atom is 0.0227 e. The summed E-state index contributed by atoms with van der Waals surface area (Å²) >= 11 is 0. The van der Waals surface area contributed by atoms with Crippen molar-refractivity contribution in [3.05, 3.63) is 47.5 Å². The van der Waals surface area contributed by atoms with E-state index in [1.165, 1.54) is 21.9 Å². The first-order valence-corrected chi connectivity index (χ1v) is 6.35. The maximum absolute atomic E-state index is 2.30. The van der Waals surface area contributed by atoms with E-state index in [0.717, 1.165) is 13.1 Å². The summed E-state index contributed by atoms with van der Waals surface area (Å²) < 4.78 is 0. The lowest BCUT2D eigenvalue weighted by Gasteiger charge is -2.12. The zero-order chi connectivity index (χ0) is 13.1. The van der Waals surface area contributed by atoms with Crippen molar-refractivity contribution in [3.63, 3.8) is 0 Å². The highest BCUT2D eigenvalue weighted by Gasteiger charge is 2.01. The van der Waals surface area contributed by atoms with Crippen LogP contribution in [0.15, 0.2) is 36.4 Å². The summed E-state index contributed by atoms with van der Waals surface area (Å²) in [7, 11) is 8.42. The second kappa shape index (κ2) is 5.51. The predicted molar refractivity (Wildman–Crippen MR) is 78.7 cm³/mol. The van der Waals surface area contributed by atoms with E-state index in [9.17, 15) is 0 Å². The highest BCUT2D eigenvalue weighted by Crippen LogP contribution is 2.19. The Bertz CT molecular complexity index is 485. The average molecular weight is 242 g/mol. The minimum atomic E-state index is 0.994. The van der Waals surface area contributed by atoms with Crippen molar-refractivity contribution in [2.24, 2.45) is 0 Å². The van der Waals surface area contributed by atoms with Gasteiger partial charge < -0.3 is 9.80 Å². The van der Waals surface area contributed by atoms with E-state index < -0.39 is 0 Å². The van der Waals surface area contributed by atoms with Gasteiger partial charge in [-0.3, -0.25) is 0 Å². The Morgan fingerprint density at radius 3 is 1.50 bits per heavy atom. The number of hydrogen-bond donors (Lipinski definition) is 0. The summed E-state index contributed by atoms with van der Waals surface area (Å²) in [4.78, 5) is 4.40. The molecule has 0 radical (unpaired) electrons. The van der Waals surface area contributed by atoms with E-state index in [1.54, 1.807) is 0 Å². The van der Waals surface area contributed by atoms with Gasteiger partial charge in [-0.25, -0.2) is 0 Å². The van der Waals surface area contributed by atoms with Crippen LogP contribution in [0.1, 0.15) is 11.1 Å². The molecule has 0 aliphatic carbocycles. The summed E-state index contributed by atoms with van der Waals surface area (Å²) in [6, 6.07) is 13.5. The van der Waals surface area contributed by atoms with Crippen LogP contribution in [-0.4, -0.2) is 38.0 Å². The van der Waals surface area contributed by atoms with Gasteiger partial charge in [-0.1, -0.05) is 24.3 Å². The molecule has 0 heterocycles. The molecule has 2 heteroatoms. The monoisotopic (exact) mass is 242 g/mol. The van der Waals surface area contributed by atoms with Gasteiger partial charge in [-0.2, -0.15) is 0 Å². The molecule has 18 heavy (non-hydrogen) atoms. The summed E-state index contributed by atoms with van der Waals surface area (Å²) in [6.07, 6.45) is 0. The van der Waals surface area contributed by atoms with Gasteiger partial charge in [0.05, 0.1) is 0 Å². The SMILES string of the molecule is CN(C)Cc1ccc2ccc(CN(C)C)cc2c1. The molecule has 0 bridgehead atoms. The molecule has 2 aromatic carbocycles. The zero-order valence-electron chi connectivity index (χ0n) is 11.8. The quantitative estimate of drug-likeness (QED) is 0.813. The first-order valence-electron chi connectivity index (χ1n) is 6.35. The van der Waals surface area contributed by atoms with Crippen molar-refractivity contribution in [2.45, 2.75) is 13.1 Å². The Morgan fingerprint density at radius 1 is 0.667 bits per heavy atom. The Balaban J connectivity index is 2.33. The van der Waals surface area contributed by atoms with Gasteiger partial charge in [-0.05, 0) is 62.2 Å². The molecule has 0 aliphatic heterocycles. The molecular formula is C16H22N2. The molecule has 2 rings (SSSR count). The summed E-state index contributed by atoms with van der Waals surface area (Å²) in [6.45, 7) is 1.99. The molecule has 0 amide bonds. The first kappa shape index (κ1) is 13.1. The van der Waals surface area contributed by atoms with Gasteiger partial charge in [-0.15, -0.1) is 0 Å². The summed E-state index contributed by atoms with van der Waals surface area (Å²) in [5.41, 5.74) is 2.74. The van der Waals surface area contributed by atoms with Crippen LogP contribution in [-0.2, 0) is 13.1 Å². The Kier molecular flexibility index (Phi) is 4.00. The van der Waals surface area contributed by atoms with Gasteiger partial charge in [0, 0.05) is 13.1 Å². The van der Waals surface area contributed by atoms with E-state index in [0.29, 0.717) is 0 Å². The van der Waals surface area contributed by atoms with Crippen LogP contribution >= 0.6 is 0 Å². The second-order valence-electron chi connectivity index (χ2n) is 5.49. The highest BCUT2D eigenvalue weighted by molar-refractivity contribution is 5.83. The van der Waals surface area contributed by atoms with E-state index >= 15 is 0 Å². The van der Waals surface area contributed by atoms with Crippen molar-refractivity contribution in [2.75, 3.05) is 28.2 Å². The molecule has 0 N–H and O–H groups in total. The van der Waals surface area contributed by atoms with Gasteiger partial charge in [0.25, 0.3) is 0 Å². The third-order valence-electron chi connectivity index (χ3n) is 2.97. The molecular weight excluding hydrogens is 220 g/mol. The summed E-state index contributed by atoms with van der Waals surface area (Å²) in [5, 5.41) is 2.66. The van der Waals surface area contributed by atoms with Crippen molar-refractivity contribution in [3.8, 4) is 0 Å². The standard InChI is InChI=1S/C16H22N2/c1-17(2)11-13-5-7-15-8-6-14(12-18(3)4)10-16(15)9-13/h5-10H,11-12H2,1-4H3. The number of benzene rings is 2. The van der Waals surface area contributed by atoms with E-state index in [2.05, 4.69) is 74.4 Å². The second-order valence-corrected chi connectivity index (χ2v) is 5.49. The largest absolute Gasteiger partial charge is 0.305 e. The fraction of sp³-hybridized carbons (Fsp3) is 0.375.